The maximum Gasteiger partial charge on any atom is 0.343 e. The minimum Gasteiger partial charge on any atom is -0.493 e. The largest absolute Gasteiger partial charge is 0.493 e. The van der Waals surface area contributed by atoms with E-state index in [0.29, 0.717) is 4.88 Å². The van der Waals surface area contributed by atoms with E-state index in [-0.39, 0.29) is 23.7 Å². The first kappa shape index (κ1) is 19.7. The van der Waals surface area contributed by atoms with Crippen molar-refractivity contribution in [1.82, 2.24) is 10.9 Å². The molecule has 0 fully saturated rings. The van der Waals surface area contributed by atoms with Crippen LogP contribution in [0.4, 0.5) is 0 Å². The van der Waals surface area contributed by atoms with Gasteiger partial charge >= 0.3 is 5.97 Å². The molecule has 0 atom stereocenters. The summed E-state index contributed by atoms with van der Waals surface area (Å²) >= 11 is 4.50. The van der Waals surface area contributed by atoms with Gasteiger partial charge in [-0.25, -0.2) is 4.79 Å². The first-order valence-electron chi connectivity index (χ1n) is 7.18. The van der Waals surface area contributed by atoms with Gasteiger partial charge in [0.2, 0.25) is 0 Å². The highest BCUT2D eigenvalue weighted by Crippen LogP contribution is 2.28. The van der Waals surface area contributed by atoms with E-state index in [4.69, 9.17) is 9.47 Å². The summed E-state index contributed by atoms with van der Waals surface area (Å²) in [7, 11) is 2.65. The van der Waals surface area contributed by atoms with Gasteiger partial charge < -0.3 is 14.2 Å². The second-order valence-electron chi connectivity index (χ2n) is 4.74. The van der Waals surface area contributed by atoms with Crippen LogP contribution in [0.2, 0.25) is 0 Å². The molecule has 10 heteroatoms. The van der Waals surface area contributed by atoms with E-state index < -0.39 is 17.8 Å². The summed E-state index contributed by atoms with van der Waals surface area (Å²) in [6, 6.07) is 7.75. The van der Waals surface area contributed by atoms with E-state index in [9.17, 15) is 14.4 Å². The van der Waals surface area contributed by atoms with E-state index in [1.165, 1.54) is 43.8 Å². The maximum absolute atomic E-state index is 12.2. The molecule has 26 heavy (non-hydrogen) atoms. The molecule has 1 aromatic carbocycles. The smallest absolute Gasteiger partial charge is 0.343 e. The summed E-state index contributed by atoms with van der Waals surface area (Å²) in [4.78, 5) is 35.7. The van der Waals surface area contributed by atoms with E-state index >= 15 is 0 Å². The van der Waals surface area contributed by atoms with Crippen molar-refractivity contribution in [2.45, 2.75) is 0 Å². The van der Waals surface area contributed by atoms with Crippen molar-refractivity contribution in [3.63, 3.8) is 0 Å². The number of hydrogen-bond acceptors (Lipinski definition) is 7. The number of benzene rings is 1. The number of esters is 1. The average molecular weight is 443 g/mol. The fourth-order valence-corrected chi connectivity index (χ4v) is 3.09. The lowest BCUT2D eigenvalue weighted by Gasteiger charge is -2.12. The molecule has 8 nitrogen and oxygen atoms in total. The normalized spacial score (nSPS) is 9.96. The number of halogens is 1. The Labute approximate surface area is 161 Å². The van der Waals surface area contributed by atoms with Gasteiger partial charge in [0.05, 0.1) is 22.9 Å². The second-order valence-corrected chi connectivity index (χ2v) is 7.21. The predicted octanol–water partition coefficient (Wildman–Crippen LogP) is 2.15. The molecular weight excluding hydrogens is 428 g/mol. The number of nitrogens with one attached hydrogen (secondary N) is 2. The fourth-order valence-electron chi connectivity index (χ4n) is 1.81. The quantitative estimate of drug-likeness (QED) is 0.524. The molecule has 0 aliphatic rings. The van der Waals surface area contributed by atoms with Gasteiger partial charge in [0, 0.05) is 5.56 Å². The van der Waals surface area contributed by atoms with Gasteiger partial charge in [-0.15, -0.1) is 11.3 Å². The van der Waals surface area contributed by atoms with Crippen LogP contribution in [-0.2, 0) is 9.53 Å². The van der Waals surface area contributed by atoms with Crippen LogP contribution in [0.15, 0.2) is 34.1 Å². The number of carbonyl (C=O) groups is 3. The van der Waals surface area contributed by atoms with E-state index in [0.717, 1.165) is 3.79 Å². The molecule has 0 unspecified atom stereocenters. The van der Waals surface area contributed by atoms with Crippen LogP contribution in [0.5, 0.6) is 11.5 Å². The standard InChI is InChI=1S/C16H15BrN2O6S/c1-23-11-7-9(3-4-10(11)25-8-14(20)24-2)15(21)18-19-16(22)12-5-6-13(17)26-12/h3-7H,8H2,1-2H3,(H,18,21)(H,19,22). The van der Waals surface area contributed by atoms with Crippen LogP contribution < -0.4 is 20.3 Å². The van der Waals surface area contributed by atoms with Gasteiger partial charge in [0.1, 0.15) is 0 Å². The minimum absolute atomic E-state index is 0.236. The first-order valence-corrected chi connectivity index (χ1v) is 8.79. The molecule has 0 aliphatic carbocycles. The van der Waals surface area contributed by atoms with Crippen LogP contribution in [0.1, 0.15) is 20.0 Å². The van der Waals surface area contributed by atoms with Crippen LogP contribution >= 0.6 is 27.3 Å². The number of methoxy groups -OCH3 is 2. The Kier molecular flexibility index (Phi) is 6.98. The first-order chi connectivity index (χ1) is 12.4. The minimum atomic E-state index is -0.545. The Hall–Kier alpha value is -2.59. The highest BCUT2D eigenvalue weighted by atomic mass is 79.9. The number of amides is 2. The molecule has 0 aliphatic heterocycles. The summed E-state index contributed by atoms with van der Waals surface area (Å²) in [5, 5.41) is 0. The molecule has 0 bridgehead atoms. The highest BCUT2D eigenvalue weighted by Gasteiger charge is 2.14. The Balaban J connectivity index is 1.99. The van der Waals surface area contributed by atoms with Crippen molar-refractivity contribution in [1.29, 1.82) is 0 Å². The maximum atomic E-state index is 12.2. The summed E-state index contributed by atoms with van der Waals surface area (Å²) in [5.74, 6) is -0.973. The molecule has 2 aromatic rings. The Morgan fingerprint density at radius 1 is 1.04 bits per heavy atom. The van der Waals surface area contributed by atoms with E-state index in [1.807, 2.05) is 0 Å². The number of thiophene rings is 1. The van der Waals surface area contributed by atoms with Gasteiger partial charge in [-0.1, -0.05) is 0 Å². The molecule has 0 saturated carbocycles. The van der Waals surface area contributed by atoms with Crippen molar-refractivity contribution >= 4 is 45.1 Å². The lowest BCUT2D eigenvalue weighted by molar-refractivity contribution is -0.142. The highest BCUT2D eigenvalue weighted by molar-refractivity contribution is 9.11. The van der Waals surface area contributed by atoms with Crippen LogP contribution in [0.25, 0.3) is 0 Å². The van der Waals surface area contributed by atoms with Crippen molar-refractivity contribution in [3.05, 3.63) is 44.6 Å². The molecular formula is C16H15BrN2O6S. The van der Waals surface area contributed by atoms with Crippen molar-refractivity contribution in [3.8, 4) is 11.5 Å². The fraction of sp³-hybridized carbons (Fsp3) is 0.188. The third-order valence-electron chi connectivity index (χ3n) is 3.09. The Morgan fingerprint density at radius 3 is 2.38 bits per heavy atom. The molecule has 2 N–H and O–H groups in total. The average Bonchev–Trinajstić information content (AvgIpc) is 3.10. The molecule has 0 radical (unpaired) electrons. The van der Waals surface area contributed by atoms with Crippen LogP contribution in [-0.4, -0.2) is 38.6 Å². The zero-order valence-corrected chi connectivity index (χ0v) is 16.2. The molecule has 0 saturated heterocycles. The summed E-state index contributed by atoms with van der Waals surface area (Å²) < 4.78 is 15.7. The molecule has 138 valence electrons. The van der Waals surface area contributed by atoms with Crippen molar-refractivity contribution < 1.29 is 28.6 Å². The SMILES string of the molecule is COC(=O)COc1ccc(C(=O)NNC(=O)c2ccc(Br)s2)cc1OC. The Bertz CT molecular complexity index is 823. The van der Waals surface area contributed by atoms with Gasteiger partial charge in [0.15, 0.2) is 18.1 Å². The number of rotatable bonds is 6. The van der Waals surface area contributed by atoms with E-state index in [1.54, 1.807) is 12.1 Å². The summed E-state index contributed by atoms with van der Waals surface area (Å²) in [6.07, 6.45) is 0. The predicted molar refractivity (Wildman–Crippen MR) is 97.5 cm³/mol. The number of ether oxygens (including phenoxy) is 3. The molecule has 2 amide bonds. The summed E-state index contributed by atoms with van der Waals surface area (Å²) in [6.45, 7) is -0.287. The molecule has 0 spiro atoms. The van der Waals surface area contributed by atoms with Gasteiger partial charge in [0.25, 0.3) is 11.8 Å². The third-order valence-corrected chi connectivity index (χ3v) is 4.71. The molecule has 1 aromatic heterocycles. The third kappa shape index (κ3) is 5.20. The van der Waals surface area contributed by atoms with Crippen LogP contribution in [0, 0.1) is 0 Å². The number of hydrogen-bond donors (Lipinski definition) is 2. The van der Waals surface area contributed by atoms with Gasteiger partial charge in [-0.2, -0.15) is 0 Å². The number of hydrazine groups is 1. The summed E-state index contributed by atoms with van der Waals surface area (Å²) in [5.41, 5.74) is 4.88. The lowest BCUT2D eigenvalue weighted by atomic mass is 10.2. The molecule has 2 rings (SSSR count). The topological polar surface area (TPSA) is 103 Å². The van der Waals surface area contributed by atoms with Crippen molar-refractivity contribution in [2.24, 2.45) is 0 Å². The number of carbonyl (C=O) groups excluding carboxylic acids is 3. The molecule has 1 heterocycles. The Morgan fingerprint density at radius 2 is 1.77 bits per heavy atom. The second kappa shape index (κ2) is 9.20. The van der Waals surface area contributed by atoms with Gasteiger partial charge in [-0.3, -0.25) is 20.4 Å². The monoisotopic (exact) mass is 442 g/mol. The van der Waals surface area contributed by atoms with Gasteiger partial charge in [-0.05, 0) is 46.3 Å². The zero-order chi connectivity index (χ0) is 19.1. The van der Waals surface area contributed by atoms with Crippen molar-refractivity contribution in [2.75, 3.05) is 20.8 Å². The van der Waals surface area contributed by atoms with E-state index in [2.05, 4.69) is 31.5 Å². The zero-order valence-electron chi connectivity index (χ0n) is 13.8. The van der Waals surface area contributed by atoms with Crippen LogP contribution in [0.3, 0.4) is 0 Å². The lowest BCUT2D eigenvalue weighted by Crippen LogP contribution is -2.41.